The molecule has 5 nitrogen and oxygen atoms in total. The van der Waals surface area contributed by atoms with Crippen LogP contribution in [0.4, 0.5) is 0 Å². The van der Waals surface area contributed by atoms with Crippen LogP contribution in [0.25, 0.3) is 0 Å². The molecule has 2 aromatic rings. The number of amides is 2. The number of benzene rings is 2. The van der Waals surface area contributed by atoms with Crippen molar-refractivity contribution in [2.75, 3.05) is 12.9 Å². The summed E-state index contributed by atoms with van der Waals surface area (Å²) in [5, 5.41) is 3.23. The number of halogens is 1. The van der Waals surface area contributed by atoms with Gasteiger partial charge in [-0.3, -0.25) is 9.59 Å². The highest BCUT2D eigenvalue weighted by atomic mass is 79.9. The van der Waals surface area contributed by atoms with Gasteiger partial charge in [-0.25, -0.2) is 0 Å². The van der Waals surface area contributed by atoms with E-state index in [9.17, 15) is 9.59 Å². The lowest BCUT2D eigenvalue weighted by Crippen LogP contribution is -2.52. The van der Waals surface area contributed by atoms with Crippen molar-refractivity contribution >= 4 is 39.5 Å². The molecule has 2 amide bonds. The second kappa shape index (κ2) is 13.8. The van der Waals surface area contributed by atoms with E-state index in [-0.39, 0.29) is 17.9 Å². The van der Waals surface area contributed by atoms with Gasteiger partial charge < -0.3 is 15.0 Å². The summed E-state index contributed by atoms with van der Waals surface area (Å²) in [5.74, 6) is 1.81. The van der Waals surface area contributed by atoms with E-state index in [1.54, 1.807) is 23.8 Å². The smallest absolute Gasteiger partial charge is 0.243 e. The first-order valence-corrected chi connectivity index (χ1v) is 14.0. The minimum Gasteiger partial charge on any atom is -0.497 e. The quantitative estimate of drug-likeness (QED) is 0.378. The Hall–Kier alpha value is -1.99. The topological polar surface area (TPSA) is 58.6 Å². The van der Waals surface area contributed by atoms with Crippen LogP contribution in [-0.2, 0) is 21.9 Å². The fraction of sp³-hybridized carbons (Fsp3) is 0.481. The molecule has 1 aliphatic carbocycles. The zero-order valence-electron chi connectivity index (χ0n) is 20.1. The van der Waals surface area contributed by atoms with Crippen LogP contribution < -0.4 is 10.1 Å². The maximum Gasteiger partial charge on any atom is 0.243 e. The molecule has 0 spiro atoms. The Balaban J connectivity index is 1.69. The zero-order valence-corrected chi connectivity index (χ0v) is 22.5. The summed E-state index contributed by atoms with van der Waals surface area (Å²) in [4.78, 5) is 28.4. The molecule has 0 aromatic heterocycles. The van der Waals surface area contributed by atoms with E-state index in [0.717, 1.165) is 47.2 Å². The van der Waals surface area contributed by atoms with Crippen molar-refractivity contribution in [3.05, 3.63) is 64.1 Å². The van der Waals surface area contributed by atoms with Gasteiger partial charge in [0.1, 0.15) is 11.8 Å². The van der Waals surface area contributed by atoms with Crippen molar-refractivity contribution in [1.29, 1.82) is 0 Å². The van der Waals surface area contributed by atoms with Crippen LogP contribution in [0.2, 0.25) is 0 Å². The molecule has 34 heavy (non-hydrogen) atoms. The molecule has 1 fully saturated rings. The summed E-state index contributed by atoms with van der Waals surface area (Å²) in [6, 6.07) is 15.6. The van der Waals surface area contributed by atoms with Gasteiger partial charge in [-0.15, -0.1) is 11.8 Å². The van der Waals surface area contributed by atoms with Crippen molar-refractivity contribution in [3.63, 3.8) is 0 Å². The number of hydrogen-bond donors (Lipinski definition) is 1. The van der Waals surface area contributed by atoms with Crippen molar-refractivity contribution in [1.82, 2.24) is 10.2 Å². The number of nitrogens with zero attached hydrogens (tertiary/aromatic N) is 1. The minimum atomic E-state index is -0.482. The van der Waals surface area contributed by atoms with E-state index >= 15 is 0 Å². The first-order chi connectivity index (χ1) is 16.5. The van der Waals surface area contributed by atoms with Gasteiger partial charge >= 0.3 is 0 Å². The minimum absolute atomic E-state index is 0.0106. The van der Waals surface area contributed by atoms with Crippen molar-refractivity contribution < 1.29 is 14.3 Å². The molecule has 1 saturated carbocycles. The molecule has 1 atom stereocenters. The molecule has 0 bridgehead atoms. The lowest BCUT2D eigenvalue weighted by atomic mass is 9.95. The summed E-state index contributed by atoms with van der Waals surface area (Å²) < 4.78 is 6.30. The van der Waals surface area contributed by atoms with Gasteiger partial charge in [0.05, 0.1) is 12.9 Å². The van der Waals surface area contributed by atoms with Gasteiger partial charge in [0, 0.05) is 22.8 Å². The maximum atomic E-state index is 13.4. The molecular weight excluding hydrogens is 512 g/mol. The molecule has 0 unspecified atom stereocenters. The highest BCUT2D eigenvalue weighted by Gasteiger charge is 2.30. The number of rotatable bonds is 11. The van der Waals surface area contributed by atoms with E-state index in [2.05, 4.69) is 33.4 Å². The lowest BCUT2D eigenvalue weighted by molar-refractivity contribution is -0.139. The van der Waals surface area contributed by atoms with Crippen molar-refractivity contribution in [2.24, 2.45) is 0 Å². The molecule has 0 saturated heterocycles. The van der Waals surface area contributed by atoms with Crippen LogP contribution in [0.5, 0.6) is 5.75 Å². The number of carbonyl (C=O) groups is 2. The van der Waals surface area contributed by atoms with E-state index < -0.39 is 6.04 Å². The zero-order chi connectivity index (χ0) is 24.3. The molecule has 0 heterocycles. The van der Waals surface area contributed by atoms with Crippen LogP contribution in [0, 0.1) is 0 Å². The third-order valence-corrected chi connectivity index (χ3v) is 7.77. The molecule has 7 heteroatoms. The highest BCUT2D eigenvalue weighted by Crippen LogP contribution is 2.21. The van der Waals surface area contributed by atoms with Crippen LogP contribution >= 0.6 is 27.7 Å². The van der Waals surface area contributed by atoms with Gasteiger partial charge in [-0.1, -0.05) is 66.4 Å². The summed E-state index contributed by atoms with van der Waals surface area (Å²) in [6.45, 7) is 2.38. The summed E-state index contributed by atoms with van der Waals surface area (Å²) >= 11 is 5.04. The number of nitrogens with one attached hydrogen (secondary N) is 1. The molecule has 2 aromatic carbocycles. The Morgan fingerprint density at radius 1 is 1.06 bits per heavy atom. The Labute approximate surface area is 216 Å². The van der Waals surface area contributed by atoms with E-state index in [0.29, 0.717) is 18.7 Å². The average Bonchev–Trinajstić information content (AvgIpc) is 2.86. The summed E-state index contributed by atoms with van der Waals surface area (Å²) in [7, 11) is 1.64. The Morgan fingerprint density at radius 3 is 2.32 bits per heavy atom. The predicted molar refractivity (Wildman–Crippen MR) is 143 cm³/mol. The molecule has 0 radical (unpaired) electrons. The number of hydrogen-bond acceptors (Lipinski definition) is 4. The number of thioether (sulfide) groups is 1. The lowest BCUT2D eigenvalue weighted by Gasteiger charge is -2.32. The predicted octanol–water partition coefficient (Wildman–Crippen LogP) is 5.95. The number of methoxy groups -OCH3 is 1. The molecule has 0 aliphatic heterocycles. The van der Waals surface area contributed by atoms with Crippen molar-refractivity contribution in [2.45, 2.75) is 69.8 Å². The number of ether oxygens (including phenoxy) is 1. The first kappa shape index (κ1) is 26.6. The SMILES string of the molecule is CC[C@H](C(=O)NC1CCCCC1)N(Cc1ccc(OC)cc1)C(=O)CSCc1ccc(Br)cc1. The van der Waals surface area contributed by atoms with E-state index in [1.807, 2.05) is 43.3 Å². The Bertz CT molecular complexity index is 914. The second-order valence-electron chi connectivity index (χ2n) is 8.76. The van der Waals surface area contributed by atoms with Crippen LogP contribution in [0.15, 0.2) is 53.0 Å². The standard InChI is InChI=1S/C27H35BrN2O3S/c1-3-25(27(32)29-23-7-5-4-6-8-23)30(17-20-11-15-24(33-2)16-12-20)26(31)19-34-18-21-9-13-22(28)14-10-21/h9-16,23,25H,3-8,17-19H2,1-2H3,(H,29,32)/t25-/m1/s1. The Kier molecular flexibility index (Phi) is 10.8. The van der Waals surface area contributed by atoms with Crippen LogP contribution in [0.1, 0.15) is 56.6 Å². The highest BCUT2D eigenvalue weighted by molar-refractivity contribution is 9.10. The molecule has 184 valence electrons. The summed E-state index contributed by atoms with van der Waals surface area (Å²) in [6.07, 6.45) is 6.18. The first-order valence-electron chi connectivity index (χ1n) is 12.0. The average molecular weight is 548 g/mol. The normalized spacial score (nSPS) is 14.9. The monoisotopic (exact) mass is 546 g/mol. The van der Waals surface area contributed by atoms with Gasteiger partial charge in [0.25, 0.3) is 0 Å². The van der Waals surface area contributed by atoms with Gasteiger partial charge in [-0.05, 0) is 54.7 Å². The Morgan fingerprint density at radius 2 is 1.71 bits per heavy atom. The van der Waals surface area contributed by atoms with Gasteiger partial charge in [-0.2, -0.15) is 0 Å². The molecule has 1 N–H and O–H groups in total. The van der Waals surface area contributed by atoms with Crippen LogP contribution in [-0.4, -0.2) is 41.7 Å². The fourth-order valence-corrected chi connectivity index (χ4v) is 5.45. The van der Waals surface area contributed by atoms with E-state index in [4.69, 9.17) is 4.74 Å². The largest absolute Gasteiger partial charge is 0.497 e. The second-order valence-corrected chi connectivity index (χ2v) is 10.7. The molecular formula is C27H35BrN2O3S. The van der Waals surface area contributed by atoms with Gasteiger partial charge in [0.15, 0.2) is 0 Å². The molecule has 1 aliphatic rings. The van der Waals surface area contributed by atoms with Crippen molar-refractivity contribution in [3.8, 4) is 5.75 Å². The fourth-order valence-electron chi connectivity index (χ4n) is 4.31. The van der Waals surface area contributed by atoms with E-state index in [1.165, 1.54) is 12.0 Å². The third kappa shape index (κ3) is 8.05. The number of carbonyl (C=O) groups excluding carboxylic acids is 2. The van der Waals surface area contributed by atoms with Crippen LogP contribution in [0.3, 0.4) is 0 Å². The molecule has 3 rings (SSSR count). The third-order valence-electron chi connectivity index (χ3n) is 6.26. The maximum absolute atomic E-state index is 13.4. The summed E-state index contributed by atoms with van der Waals surface area (Å²) in [5.41, 5.74) is 2.15. The van der Waals surface area contributed by atoms with Gasteiger partial charge in [0.2, 0.25) is 11.8 Å².